The van der Waals surface area contributed by atoms with E-state index in [1.165, 1.54) is 0 Å². The molecule has 3 heterocycles. The van der Waals surface area contributed by atoms with E-state index in [-0.39, 0.29) is 17.9 Å². The molecule has 0 saturated heterocycles. The highest BCUT2D eigenvalue weighted by atomic mass is 16.1. The largest absolute Gasteiger partial charge is 0.337 e. The number of amides is 1. The molecule has 1 unspecified atom stereocenters. The van der Waals surface area contributed by atoms with Crippen LogP contribution in [-0.2, 0) is 4.79 Å². The smallest absolute Gasteiger partial charge is 0.227 e. The second-order valence-electron chi connectivity index (χ2n) is 7.34. The molecule has 7 nitrogen and oxygen atoms in total. The standard InChI is InChI=1S/C20H24N6O/c1-12(21)13-3-5-14(6-4-13)20(27)26-16-7-10-24-18-15(16)11-17(25-18)19-22-8-2-9-23-19/h2,7-14H,3-6,21H2,1H3,(H2,24,25,26,27). The molecule has 1 saturated carbocycles. The summed E-state index contributed by atoms with van der Waals surface area (Å²) in [6, 6.07) is 5.74. The number of nitrogens with zero attached hydrogens (tertiary/aromatic N) is 3. The summed E-state index contributed by atoms with van der Waals surface area (Å²) in [4.78, 5) is 28.9. The summed E-state index contributed by atoms with van der Waals surface area (Å²) >= 11 is 0. The maximum atomic E-state index is 12.8. The molecule has 1 atom stereocenters. The molecule has 1 aliphatic carbocycles. The summed E-state index contributed by atoms with van der Waals surface area (Å²) < 4.78 is 0. The van der Waals surface area contributed by atoms with Crippen molar-refractivity contribution >= 4 is 22.6 Å². The second-order valence-corrected chi connectivity index (χ2v) is 7.34. The highest BCUT2D eigenvalue weighted by Gasteiger charge is 2.28. The lowest BCUT2D eigenvalue weighted by Crippen LogP contribution is -2.33. The van der Waals surface area contributed by atoms with Crippen molar-refractivity contribution in [3.05, 3.63) is 36.8 Å². The Morgan fingerprint density at radius 1 is 1.19 bits per heavy atom. The molecule has 4 N–H and O–H groups in total. The normalized spacial score (nSPS) is 21.1. The van der Waals surface area contributed by atoms with E-state index in [9.17, 15) is 4.79 Å². The van der Waals surface area contributed by atoms with Crippen LogP contribution in [0.1, 0.15) is 32.6 Å². The minimum atomic E-state index is 0.0408. The van der Waals surface area contributed by atoms with Crippen molar-refractivity contribution in [3.63, 3.8) is 0 Å². The first-order chi connectivity index (χ1) is 13.1. The lowest BCUT2D eigenvalue weighted by Gasteiger charge is -2.30. The number of aromatic nitrogens is 4. The molecule has 0 spiro atoms. The molecule has 0 radical (unpaired) electrons. The Balaban J connectivity index is 1.52. The Morgan fingerprint density at radius 2 is 1.93 bits per heavy atom. The van der Waals surface area contributed by atoms with Crippen LogP contribution < -0.4 is 11.1 Å². The Bertz CT molecular complexity index is 928. The third-order valence-corrected chi connectivity index (χ3v) is 5.48. The van der Waals surface area contributed by atoms with E-state index >= 15 is 0 Å². The first-order valence-corrected chi connectivity index (χ1v) is 9.43. The van der Waals surface area contributed by atoms with Gasteiger partial charge in [-0.05, 0) is 56.7 Å². The van der Waals surface area contributed by atoms with Crippen LogP contribution in [0.2, 0.25) is 0 Å². The number of nitrogens with two attached hydrogens (primary N) is 1. The number of fused-ring (bicyclic) bond motifs is 1. The van der Waals surface area contributed by atoms with Crippen LogP contribution in [0.25, 0.3) is 22.6 Å². The highest BCUT2D eigenvalue weighted by Crippen LogP contribution is 2.32. The van der Waals surface area contributed by atoms with Gasteiger partial charge in [-0.2, -0.15) is 0 Å². The molecule has 1 fully saturated rings. The molecule has 7 heteroatoms. The molecule has 4 rings (SSSR count). The van der Waals surface area contributed by atoms with Crippen molar-refractivity contribution in [2.24, 2.45) is 17.6 Å². The zero-order valence-electron chi connectivity index (χ0n) is 15.4. The van der Waals surface area contributed by atoms with Crippen molar-refractivity contribution in [1.82, 2.24) is 19.9 Å². The van der Waals surface area contributed by atoms with Crippen LogP contribution in [0, 0.1) is 11.8 Å². The Hall–Kier alpha value is -2.80. The maximum absolute atomic E-state index is 12.8. The van der Waals surface area contributed by atoms with E-state index < -0.39 is 0 Å². The van der Waals surface area contributed by atoms with Crippen molar-refractivity contribution < 1.29 is 4.79 Å². The molecule has 0 aliphatic heterocycles. The van der Waals surface area contributed by atoms with Crippen molar-refractivity contribution in [2.75, 3.05) is 5.32 Å². The van der Waals surface area contributed by atoms with Gasteiger partial charge in [0, 0.05) is 35.9 Å². The van der Waals surface area contributed by atoms with Gasteiger partial charge < -0.3 is 16.0 Å². The van der Waals surface area contributed by atoms with Gasteiger partial charge >= 0.3 is 0 Å². The number of aromatic amines is 1. The van der Waals surface area contributed by atoms with Gasteiger partial charge in [0.1, 0.15) is 5.65 Å². The number of hydrogen-bond acceptors (Lipinski definition) is 5. The number of anilines is 1. The molecule has 3 aromatic rings. The Morgan fingerprint density at radius 3 is 2.63 bits per heavy atom. The molecule has 27 heavy (non-hydrogen) atoms. The minimum absolute atomic E-state index is 0.0408. The summed E-state index contributed by atoms with van der Waals surface area (Å²) in [5, 5.41) is 3.95. The van der Waals surface area contributed by atoms with E-state index in [2.05, 4.69) is 32.2 Å². The van der Waals surface area contributed by atoms with E-state index in [1.54, 1.807) is 24.7 Å². The number of hydrogen-bond donors (Lipinski definition) is 3. The zero-order valence-corrected chi connectivity index (χ0v) is 15.4. The first-order valence-electron chi connectivity index (χ1n) is 9.43. The summed E-state index contributed by atoms with van der Waals surface area (Å²) in [6.07, 6.45) is 8.90. The molecule has 1 aliphatic rings. The fourth-order valence-electron chi connectivity index (χ4n) is 3.84. The topological polar surface area (TPSA) is 110 Å². The van der Waals surface area contributed by atoms with Gasteiger partial charge in [-0.1, -0.05) is 0 Å². The van der Waals surface area contributed by atoms with Gasteiger partial charge in [-0.15, -0.1) is 0 Å². The molecule has 0 bridgehead atoms. The summed E-state index contributed by atoms with van der Waals surface area (Å²) in [5.74, 6) is 1.24. The molecular formula is C20H24N6O. The van der Waals surface area contributed by atoms with Crippen LogP contribution >= 0.6 is 0 Å². The molecule has 140 valence electrons. The van der Waals surface area contributed by atoms with Gasteiger partial charge in [0.05, 0.1) is 11.4 Å². The monoisotopic (exact) mass is 364 g/mol. The number of H-pyrrole nitrogens is 1. The van der Waals surface area contributed by atoms with E-state index in [0.29, 0.717) is 17.4 Å². The highest BCUT2D eigenvalue weighted by molar-refractivity contribution is 6.02. The number of pyridine rings is 1. The van der Waals surface area contributed by atoms with Crippen LogP contribution in [0.5, 0.6) is 0 Å². The molecular weight excluding hydrogens is 340 g/mol. The summed E-state index contributed by atoms with van der Waals surface area (Å²) in [6.45, 7) is 2.05. The van der Waals surface area contributed by atoms with Crippen molar-refractivity contribution in [3.8, 4) is 11.5 Å². The van der Waals surface area contributed by atoms with Crippen LogP contribution in [0.15, 0.2) is 36.8 Å². The minimum Gasteiger partial charge on any atom is -0.337 e. The molecule has 1 amide bonds. The number of nitrogens with one attached hydrogen (secondary N) is 2. The Kier molecular flexibility index (Phi) is 4.85. The van der Waals surface area contributed by atoms with Crippen LogP contribution in [0.4, 0.5) is 5.69 Å². The SMILES string of the molecule is CC(N)C1CCC(C(=O)Nc2ccnc3[nH]c(-c4ncccn4)cc23)CC1. The van der Waals surface area contributed by atoms with Crippen LogP contribution in [0.3, 0.4) is 0 Å². The number of carbonyl (C=O) groups excluding carboxylic acids is 1. The van der Waals surface area contributed by atoms with Crippen molar-refractivity contribution in [2.45, 2.75) is 38.6 Å². The van der Waals surface area contributed by atoms with Crippen LogP contribution in [-0.4, -0.2) is 31.9 Å². The fourth-order valence-corrected chi connectivity index (χ4v) is 3.84. The van der Waals surface area contributed by atoms with Gasteiger partial charge in [-0.25, -0.2) is 15.0 Å². The summed E-state index contributed by atoms with van der Waals surface area (Å²) in [7, 11) is 0. The predicted molar refractivity (Wildman–Crippen MR) is 105 cm³/mol. The Labute approximate surface area is 157 Å². The van der Waals surface area contributed by atoms with Gasteiger partial charge in [0.2, 0.25) is 5.91 Å². The average molecular weight is 364 g/mol. The van der Waals surface area contributed by atoms with Gasteiger partial charge in [-0.3, -0.25) is 4.79 Å². The maximum Gasteiger partial charge on any atom is 0.227 e. The van der Waals surface area contributed by atoms with Gasteiger partial charge in [0.15, 0.2) is 5.82 Å². The third kappa shape index (κ3) is 3.68. The molecule has 0 aromatic carbocycles. The van der Waals surface area contributed by atoms with E-state index in [1.807, 2.05) is 12.1 Å². The third-order valence-electron chi connectivity index (χ3n) is 5.48. The van der Waals surface area contributed by atoms with Crippen molar-refractivity contribution in [1.29, 1.82) is 0 Å². The predicted octanol–water partition coefficient (Wildman–Crippen LogP) is 3.11. The van der Waals surface area contributed by atoms with Gasteiger partial charge in [0.25, 0.3) is 0 Å². The number of carbonyl (C=O) groups is 1. The summed E-state index contributed by atoms with van der Waals surface area (Å²) in [5.41, 5.74) is 8.25. The quantitative estimate of drug-likeness (QED) is 0.659. The molecule has 3 aromatic heterocycles. The zero-order chi connectivity index (χ0) is 18.8. The van der Waals surface area contributed by atoms with E-state index in [4.69, 9.17) is 5.73 Å². The second kappa shape index (κ2) is 7.44. The van der Waals surface area contributed by atoms with E-state index in [0.717, 1.165) is 42.5 Å². The first kappa shape index (κ1) is 17.6. The average Bonchev–Trinajstić information content (AvgIpc) is 3.14. The lowest BCUT2D eigenvalue weighted by molar-refractivity contribution is -0.121. The number of rotatable bonds is 4. The fraction of sp³-hybridized carbons (Fsp3) is 0.400. The lowest BCUT2D eigenvalue weighted by atomic mass is 9.79.